The summed E-state index contributed by atoms with van der Waals surface area (Å²) in [4.78, 5) is 24.0. The summed E-state index contributed by atoms with van der Waals surface area (Å²) in [5.74, 6) is 1.18. The molecule has 2 saturated heterocycles. The third kappa shape index (κ3) is 5.51. The van der Waals surface area contributed by atoms with Gasteiger partial charge in [-0.05, 0) is 30.9 Å². The molecule has 1 amide bonds. The van der Waals surface area contributed by atoms with Crippen LogP contribution in [0.15, 0.2) is 18.2 Å². The Morgan fingerprint density at radius 1 is 1.21 bits per heavy atom. The van der Waals surface area contributed by atoms with E-state index in [4.69, 9.17) is 20.2 Å². The average Bonchev–Trinajstić information content (AvgIpc) is 2.85. The second-order valence-corrected chi connectivity index (χ2v) is 8.95. The molecule has 0 aliphatic carbocycles. The van der Waals surface area contributed by atoms with Gasteiger partial charge in [0.05, 0.1) is 18.5 Å². The number of methoxy groups -OCH3 is 1. The molecule has 2 aliphatic rings. The summed E-state index contributed by atoms with van der Waals surface area (Å²) in [6, 6.07) is 6.12. The quantitative estimate of drug-likeness (QED) is 0.461. The van der Waals surface area contributed by atoms with Crippen LogP contribution in [0.4, 0.5) is 23.0 Å². The lowest BCUT2D eigenvalue weighted by Gasteiger charge is -2.30. The van der Waals surface area contributed by atoms with Crippen molar-refractivity contribution >= 4 is 28.9 Å². The summed E-state index contributed by atoms with van der Waals surface area (Å²) in [7, 11) is 1.66. The molecule has 10 nitrogen and oxygen atoms in total. The highest BCUT2D eigenvalue weighted by atomic mass is 16.5. The van der Waals surface area contributed by atoms with Crippen LogP contribution in [0.3, 0.4) is 0 Å². The van der Waals surface area contributed by atoms with E-state index in [0.29, 0.717) is 24.8 Å². The van der Waals surface area contributed by atoms with Crippen LogP contribution in [0.1, 0.15) is 48.8 Å². The van der Waals surface area contributed by atoms with Crippen molar-refractivity contribution in [3.63, 3.8) is 0 Å². The van der Waals surface area contributed by atoms with Crippen LogP contribution in [0.2, 0.25) is 0 Å². The number of benzene rings is 1. The molecule has 3 heterocycles. The Kier molecular flexibility index (Phi) is 7.69. The molecule has 1 aromatic heterocycles. The number of ether oxygens (including phenoxy) is 2. The van der Waals surface area contributed by atoms with E-state index in [1.54, 1.807) is 7.11 Å². The van der Waals surface area contributed by atoms with Crippen LogP contribution in [0.25, 0.3) is 0 Å². The Hall–Kier alpha value is -3.11. The second kappa shape index (κ2) is 10.9. The van der Waals surface area contributed by atoms with E-state index >= 15 is 0 Å². The highest BCUT2D eigenvalue weighted by Crippen LogP contribution is 2.34. The molecule has 4 rings (SSSR count). The topological polar surface area (TPSA) is 127 Å². The molecule has 10 heteroatoms. The van der Waals surface area contributed by atoms with Crippen molar-refractivity contribution in [1.29, 1.82) is 0 Å². The predicted molar refractivity (Wildman–Crippen MR) is 133 cm³/mol. The van der Waals surface area contributed by atoms with E-state index in [2.05, 4.69) is 25.8 Å². The number of nitrogens with zero attached hydrogens (tertiary/aromatic N) is 3. The van der Waals surface area contributed by atoms with E-state index < -0.39 is 5.91 Å². The summed E-state index contributed by atoms with van der Waals surface area (Å²) < 4.78 is 11.2. The highest BCUT2D eigenvalue weighted by Gasteiger charge is 2.23. The molecule has 2 fully saturated rings. The molecule has 0 bridgehead atoms. The number of carbonyl (C=O) groups excluding carboxylic acids is 1. The van der Waals surface area contributed by atoms with E-state index in [-0.39, 0.29) is 17.7 Å². The van der Waals surface area contributed by atoms with Crippen molar-refractivity contribution in [2.45, 2.75) is 38.6 Å². The smallest absolute Gasteiger partial charge is 0.271 e. The van der Waals surface area contributed by atoms with Crippen molar-refractivity contribution < 1.29 is 14.3 Å². The first-order chi connectivity index (χ1) is 16.5. The standard InChI is InChI=1S/C24H35N7O3/c1-15(2)20-23(27-16-6-12-34-13-7-16)30-24(21(29-20)22(25)32)28-17-4-5-18(19(14-17)33-3)31-10-8-26-9-11-31/h4-5,14-16,26H,6-13H2,1-3H3,(H2,25,32)(H2,27,28,30). The van der Waals surface area contributed by atoms with Gasteiger partial charge in [-0.2, -0.15) is 0 Å². The Morgan fingerprint density at radius 2 is 1.94 bits per heavy atom. The Morgan fingerprint density at radius 3 is 2.59 bits per heavy atom. The van der Waals surface area contributed by atoms with Gasteiger partial charge in [0.2, 0.25) is 0 Å². The maximum atomic E-state index is 12.3. The van der Waals surface area contributed by atoms with E-state index in [1.807, 2.05) is 32.0 Å². The molecular weight excluding hydrogens is 434 g/mol. The highest BCUT2D eigenvalue weighted by molar-refractivity contribution is 5.96. The molecule has 0 spiro atoms. The van der Waals surface area contributed by atoms with Crippen LogP contribution < -0.4 is 31.3 Å². The molecule has 0 saturated carbocycles. The third-order valence-electron chi connectivity index (χ3n) is 6.17. The second-order valence-electron chi connectivity index (χ2n) is 8.95. The van der Waals surface area contributed by atoms with E-state index in [1.165, 1.54) is 0 Å². The first kappa shape index (κ1) is 24.0. The largest absolute Gasteiger partial charge is 0.495 e. The van der Waals surface area contributed by atoms with Gasteiger partial charge in [0, 0.05) is 57.2 Å². The monoisotopic (exact) mass is 469 g/mol. The molecule has 184 valence electrons. The molecule has 5 N–H and O–H groups in total. The van der Waals surface area contributed by atoms with Crippen molar-refractivity contribution in [3.05, 3.63) is 29.6 Å². The van der Waals surface area contributed by atoms with E-state index in [9.17, 15) is 4.79 Å². The minimum absolute atomic E-state index is 0.0698. The summed E-state index contributed by atoms with van der Waals surface area (Å²) in [6.45, 7) is 9.18. The Balaban J connectivity index is 1.65. The van der Waals surface area contributed by atoms with Gasteiger partial charge in [0.25, 0.3) is 5.91 Å². The molecule has 1 aromatic carbocycles. The zero-order chi connectivity index (χ0) is 24.1. The number of anilines is 4. The van der Waals surface area contributed by atoms with Crippen molar-refractivity contribution in [2.75, 3.05) is 62.0 Å². The van der Waals surface area contributed by atoms with E-state index in [0.717, 1.165) is 61.8 Å². The van der Waals surface area contributed by atoms with Gasteiger partial charge in [-0.25, -0.2) is 9.97 Å². The van der Waals surface area contributed by atoms with Crippen LogP contribution >= 0.6 is 0 Å². The van der Waals surface area contributed by atoms with Gasteiger partial charge in [0.15, 0.2) is 17.3 Å². The minimum atomic E-state index is -0.626. The predicted octanol–water partition coefficient (Wildman–Crippen LogP) is 2.45. The lowest BCUT2D eigenvalue weighted by atomic mass is 10.1. The normalized spacial score (nSPS) is 17.0. The number of nitrogens with two attached hydrogens (primary N) is 1. The maximum Gasteiger partial charge on any atom is 0.271 e. The molecule has 0 atom stereocenters. The van der Waals surface area contributed by atoms with Gasteiger partial charge < -0.3 is 36.1 Å². The van der Waals surface area contributed by atoms with Crippen LogP contribution in [-0.4, -0.2) is 68.4 Å². The number of hydrogen-bond acceptors (Lipinski definition) is 9. The number of hydrogen-bond donors (Lipinski definition) is 4. The van der Waals surface area contributed by atoms with Gasteiger partial charge in [-0.1, -0.05) is 13.8 Å². The van der Waals surface area contributed by atoms with Gasteiger partial charge >= 0.3 is 0 Å². The zero-order valence-electron chi connectivity index (χ0n) is 20.2. The maximum absolute atomic E-state index is 12.3. The number of primary amides is 1. The first-order valence-electron chi connectivity index (χ1n) is 11.9. The van der Waals surface area contributed by atoms with Crippen molar-refractivity contribution in [3.8, 4) is 5.75 Å². The Labute approximate surface area is 200 Å². The number of aromatic nitrogens is 2. The number of nitrogens with one attached hydrogen (secondary N) is 3. The van der Waals surface area contributed by atoms with Crippen LogP contribution in [0.5, 0.6) is 5.75 Å². The van der Waals surface area contributed by atoms with Crippen molar-refractivity contribution in [1.82, 2.24) is 15.3 Å². The summed E-state index contributed by atoms with van der Waals surface area (Å²) in [5.41, 5.74) is 8.30. The minimum Gasteiger partial charge on any atom is -0.495 e. The third-order valence-corrected chi connectivity index (χ3v) is 6.17. The molecular formula is C24H35N7O3. The zero-order valence-corrected chi connectivity index (χ0v) is 20.2. The molecule has 0 radical (unpaired) electrons. The molecule has 2 aromatic rings. The number of rotatable bonds is 8. The molecule has 34 heavy (non-hydrogen) atoms. The fourth-order valence-corrected chi connectivity index (χ4v) is 4.31. The number of amides is 1. The van der Waals surface area contributed by atoms with Crippen LogP contribution in [0, 0.1) is 0 Å². The average molecular weight is 470 g/mol. The van der Waals surface area contributed by atoms with Crippen molar-refractivity contribution in [2.24, 2.45) is 5.73 Å². The fourth-order valence-electron chi connectivity index (χ4n) is 4.31. The Bertz CT molecular complexity index is 1000. The number of carbonyl (C=O) groups is 1. The lowest BCUT2D eigenvalue weighted by Crippen LogP contribution is -2.43. The first-order valence-corrected chi connectivity index (χ1v) is 11.9. The summed E-state index contributed by atoms with van der Waals surface area (Å²) >= 11 is 0. The summed E-state index contributed by atoms with van der Waals surface area (Å²) in [5, 5.41) is 10.1. The van der Waals surface area contributed by atoms with Gasteiger partial charge in [-0.3, -0.25) is 4.79 Å². The fraction of sp³-hybridized carbons (Fsp3) is 0.542. The van der Waals surface area contributed by atoms with Gasteiger partial charge in [0.1, 0.15) is 5.75 Å². The van der Waals surface area contributed by atoms with Crippen LogP contribution in [-0.2, 0) is 4.74 Å². The SMILES string of the molecule is COc1cc(Nc2nc(NC3CCOCC3)c(C(C)C)nc2C(N)=O)ccc1N1CCNCC1. The number of piperazine rings is 1. The summed E-state index contributed by atoms with van der Waals surface area (Å²) in [6.07, 6.45) is 1.79. The molecule has 0 unspecified atom stereocenters. The lowest BCUT2D eigenvalue weighted by molar-refractivity contribution is 0.0903. The van der Waals surface area contributed by atoms with Gasteiger partial charge in [-0.15, -0.1) is 0 Å². The molecule has 2 aliphatic heterocycles.